The summed E-state index contributed by atoms with van der Waals surface area (Å²) < 4.78 is 19.7. The highest BCUT2D eigenvalue weighted by atomic mass is 79.9. The molecule has 0 amide bonds. The molecule has 0 spiro atoms. The van der Waals surface area contributed by atoms with Crippen LogP contribution in [0.1, 0.15) is 29.7 Å². The first kappa shape index (κ1) is 27.0. The molecule has 1 atom stereocenters. The Morgan fingerprint density at radius 3 is 2.63 bits per heavy atom. The standard InChI is InChI=1S/C31H26BrN3O5S/c1-4-38-30(37)26-27(19-8-6-5-7-9-19)33-31-35(28(26)20-11-13-23-24(16-20)40-17-39-23)29(36)25(41-31)15-18-10-12-22(34(2)3)21(32)14-18/h5-16,28H,4,17H2,1-3H3/b25-15-. The van der Waals surface area contributed by atoms with Crippen molar-refractivity contribution in [2.45, 2.75) is 13.0 Å². The Morgan fingerprint density at radius 2 is 1.90 bits per heavy atom. The molecule has 1 aromatic heterocycles. The number of benzene rings is 3. The number of rotatable bonds is 6. The zero-order valence-electron chi connectivity index (χ0n) is 22.6. The molecule has 3 aromatic carbocycles. The molecular formula is C31H26BrN3O5S. The van der Waals surface area contributed by atoms with Crippen LogP contribution in [-0.2, 0) is 9.53 Å². The second kappa shape index (κ2) is 11.0. The van der Waals surface area contributed by atoms with Crippen LogP contribution in [0.25, 0.3) is 11.8 Å². The molecule has 0 saturated heterocycles. The Hall–Kier alpha value is -4.15. The summed E-state index contributed by atoms with van der Waals surface area (Å²) >= 11 is 4.92. The lowest BCUT2D eigenvalue weighted by atomic mass is 9.93. The molecule has 2 aliphatic rings. The first-order valence-electron chi connectivity index (χ1n) is 13.0. The van der Waals surface area contributed by atoms with Crippen molar-refractivity contribution in [2.75, 3.05) is 32.4 Å². The molecule has 0 fully saturated rings. The molecular weight excluding hydrogens is 606 g/mol. The molecule has 0 bridgehead atoms. The van der Waals surface area contributed by atoms with Gasteiger partial charge >= 0.3 is 5.97 Å². The van der Waals surface area contributed by atoms with Crippen molar-refractivity contribution in [3.8, 4) is 11.5 Å². The van der Waals surface area contributed by atoms with Crippen LogP contribution < -0.4 is 29.3 Å². The van der Waals surface area contributed by atoms with E-state index in [4.69, 9.17) is 19.2 Å². The first-order chi connectivity index (χ1) is 19.9. The predicted molar refractivity (Wildman–Crippen MR) is 162 cm³/mol. The van der Waals surface area contributed by atoms with E-state index in [1.54, 1.807) is 17.6 Å². The molecule has 2 aliphatic heterocycles. The fraction of sp³-hybridized carbons (Fsp3) is 0.194. The fourth-order valence-corrected chi connectivity index (χ4v) is 6.72. The molecule has 41 heavy (non-hydrogen) atoms. The van der Waals surface area contributed by atoms with Gasteiger partial charge in [0.1, 0.15) is 0 Å². The van der Waals surface area contributed by atoms with E-state index in [1.165, 1.54) is 11.3 Å². The smallest absolute Gasteiger partial charge is 0.338 e. The van der Waals surface area contributed by atoms with Crippen molar-refractivity contribution >= 4 is 50.7 Å². The van der Waals surface area contributed by atoms with Gasteiger partial charge in [0.2, 0.25) is 6.79 Å². The highest BCUT2D eigenvalue weighted by Gasteiger charge is 2.36. The summed E-state index contributed by atoms with van der Waals surface area (Å²) in [6.45, 7) is 2.05. The molecule has 10 heteroatoms. The van der Waals surface area contributed by atoms with E-state index < -0.39 is 12.0 Å². The van der Waals surface area contributed by atoms with E-state index in [-0.39, 0.29) is 24.5 Å². The SMILES string of the molecule is CCOC(=O)C1=C(c2ccccc2)N=c2s/c(=C\c3ccc(N(C)C)c(Br)c3)c(=O)n2C1c1ccc2c(c1)OCO2. The number of fused-ring (bicyclic) bond motifs is 2. The van der Waals surface area contributed by atoms with E-state index in [9.17, 15) is 9.59 Å². The lowest BCUT2D eigenvalue weighted by Crippen LogP contribution is -2.40. The van der Waals surface area contributed by atoms with Crippen LogP contribution >= 0.6 is 27.3 Å². The van der Waals surface area contributed by atoms with Crippen molar-refractivity contribution < 1.29 is 19.0 Å². The van der Waals surface area contributed by atoms with Gasteiger partial charge in [-0.15, -0.1) is 0 Å². The third-order valence-electron chi connectivity index (χ3n) is 6.84. The summed E-state index contributed by atoms with van der Waals surface area (Å²) in [5, 5.41) is 0. The number of aromatic nitrogens is 1. The molecule has 4 aromatic rings. The van der Waals surface area contributed by atoms with Gasteiger partial charge in [0.05, 0.1) is 34.1 Å². The Kier molecular flexibility index (Phi) is 7.27. The Labute approximate surface area is 248 Å². The minimum Gasteiger partial charge on any atom is -0.463 e. The van der Waals surface area contributed by atoms with Crippen molar-refractivity contribution in [1.29, 1.82) is 0 Å². The minimum atomic E-state index is -0.792. The van der Waals surface area contributed by atoms with Crippen molar-refractivity contribution in [3.63, 3.8) is 0 Å². The maximum Gasteiger partial charge on any atom is 0.338 e. The lowest BCUT2D eigenvalue weighted by molar-refractivity contribution is -0.138. The first-order valence-corrected chi connectivity index (χ1v) is 14.6. The summed E-state index contributed by atoms with van der Waals surface area (Å²) in [7, 11) is 3.94. The monoisotopic (exact) mass is 631 g/mol. The molecule has 208 valence electrons. The molecule has 8 nitrogen and oxygen atoms in total. The Balaban J connectivity index is 1.61. The van der Waals surface area contributed by atoms with Gasteiger partial charge in [-0.3, -0.25) is 9.36 Å². The summed E-state index contributed by atoms with van der Waals surface area (Å²) in [6.07, 6.45) is 1.85. The van der Waals surface area contributed by atoms with Crippen LogP contribution in [0.2, 0.25) is 0 Å². The van der Waals surface area contributed by atoms with Crippen LogP contribution in [-0.4, -0.2) is 38.0 Å². The van der Waals surface area contributed by atoms with Crippen molar-refractivity contribution in [3.05, 3.63) is 113 Å². The maximum atomic E-state index is 14.1. The third-order valence-corrected chi connectivity index (χ3v) is 8.46. The van der Waals surface area contributed by atoms with E-state index >= 15 is 0 Å². The highest BCUT2D eigenvalue weighted by Crippen LogP contribution is 2.40. The summed E-state index contributed by atoms with van der Waals surface area (Å²) in [4.78, 5) is 35.1. The second-order valence-corrected chi connectivity index (χ2v) is 11.5. The van der Waals surface area contributed by atoms with E-state index in [0.29, 0.717) is 32.1 Å². The van der Waals surface area contributed by atoms with Crippen molar-refractivity contribution in [2.24, 2.45) is 4.99 Å². The number of anilines is 1. The molecule has 0 radical (unpaired) electrons. The average molecular weight is 633 g/mol. The number of halogens is 1. The summed E-state index contributed by atoms with van der Waals surface area (Å²) in [5.74, 6) is 0.630. The predicted octanol–water partition coefficient (Wildman–Crippen LogP) is 4.49. The number of nitrogens with zero attached hydrogens (tertiary/aromatic N) is 3. The molecule has 1 unspecified atom stereocenters. The van der Waals surface area contributed by atoms with Crippen LogP contribution in [0, 0.1) is 0 Å². The normalized spacial score (nSPS) is 15.9. The van der Waals surface area contributed by atoms with Gasteiger partial charge in [-0.2, -0.15) is 0 Å². The topological polar surface area (TPSA) is 82.4 Å². The molecule has 3 heterocycles. The number of carbonyl (C=O) groups is 1. The Morgan fingerprint density at radius 1 is 1.12 bits per heavy atom. The van der Waals surface area contributed by atoms with E-state index in [2.05, 4.69) is 15.9 Å². The number of hydrogen-bond donors (Lipinski definition) is 0. The molecule has 0 aliphatic carbocycles. The average Bonchev–Trinajstić information content (AvgIpc) is 3.56. The maximum absolute atomic E-state index is 14.1. The second-order valence-electron chi connectivity index (χ2n) is 9.65. The fourth-order valence-electron chi connectivity index (χ4n) is 4.97. The molecule has 0 N–H and O–H groups in total. The van der Waals surface area contributed by atoms with Gasteiger partial charge < -0.3 is 19.1 Å². The van der Waals surface area contributed by atoms with E-state index in [0.717, 1.165) is 21.3 Å². The van der Waals surface area contributed by atoms with Gasteiger partial charge in [0.25, 0.3) is 5.56 Å². The van der Waals surface area contributed by atoms with Gasteiger partial charge in [-0.25, -0.2) is 9.79 Å². The number of ether oxygens (including phenoxy) is 3. The van der Waals surface area contributed by atoms with Crippen LogP contribution in [0.5, 0.6) is 11.5 Å². The largest absolute Gasteiger partial charge is 0.463 e. The summed E-state index contributed by atoms with van der Waals surface area (Å²) in [6, 6.07) is 20.1. The van der Waals surface area contributed by atoms with Crippen LogP contribution in [0.15, 0.2) is 86.6 Å². The third kappa shape index (κ3) is 4.98. The summed E-state index contributed by atoms with van der Waals surface area (Å²) in [5.41, 5.74) is 3.83. The van der Waals surface area contributed by atoms with Gasteiger partial charge in [-0.05, 0) is 64.3 Å². The number of thiazole rings is 1. The van der Waals surface area contributed by atoms with Crippen LogP contribution in [0.4, 0.5) is 5.69 Å². The van der Waals surface area contributed by atoms with Gasteiger partial charge in [0.15, 0.2) is 16.3 Å². The van der Waals surface area contributed by atoms with Crippen molar-refractivity contribution in [1.82, 2.24) is 4.57 Å². The van der Waals surface area contributed by atoms with E-state index in [1.807, 2.05) is 85.7 Å². The van der Waals surface area contributed by atoms with Gasteiger partial charge in [0, 0.05) is 24.1 Å². The Bertz CT molecular complexity index is 1880. The van der Waals surface area contributed by atoms with Gasteiger partial charge in [-0.1, -0.05) is 53.8 Å². The molecule has 6 rings (SSSR count). The zero-order chi connectivity index (χ0) is 28.7. The molecule has 0 saturated carbocycles. The number of esters is 1. The van der Waals surface area contributed by atoms with Crippen LogP contribution in [0.3, 0.4) is 0 Å². The zero-order valence-corrected chi connectivity index (χ0v) is 25.0. The quantitative estimate of drug-likeness (QED) is 0.292. The minimum absolute atomic E-state index is 0.111. The highest BCUT2D eigenvalue weighted by molar-refractivity contribution is 9.10. The number of hydrogen-bond acceptors (Lipinski definition) is 8. The number of carbonyl (C=O) groups excluding carboxylic acids is 1. The lowest BCUT2D eigenvalue weighted by Gasteiger charge is -2.26.